The van der Waals surface area contributed by atoms with Crippen LogP contribution in [0, 0.1) is 5.92 Å². The number of anilines is 1. The van der Waals surface area contributed by atoms with Gasteiger partial charge in [0.1, 0.15) is 5.75 Å². The highest BCUT2D eigenvalue weighted by Gasteiger charge is 2.38. The zero-order valence-electron chi connectivity index (χ0n) is 18.8. The minimum Gasteiger partial charge on any atom is -0.495 e. The predicted molar refractivity (Wildman–Crippen MR) is 118 cm³/mol. The SMILES string of the molecule is COCCN1CCN(c2cc3c(cc2OC)C(=O)C(Cc2ncccc2C(F)(F)F)C3)CC1. The van der Waals surface area contributed by atoms with E-state index in [1.807, 2.05) is 6.07 Å². The fraction of sp³-hybridized carbons (Fsp3) is 0.500. The van der Waals surface area contributed by atoms with Crippen LogP contribution in [-0.4, -0.2) is 69.2 Å². The first-order valence-corrected chi connectivity index (χ1v) is 11.0. The molecule has 0 amide bonds. The number of benzene rings is 1. The van der Waals surface area contributed by atoms with Gasteiger partial charge in [-0.2, -0.15) is 13.2 Å². The van der Waals surface area contributed by atoms with Gasteiger partial charge in [-0.05, 0) is 36.2 Å². The molecule has 0 bridgehead atoms. The molecule has 1 atom stereocenters. The Morgan fingerprint density at radius 2 is 1.91 bits per heavy atom. The van der Waals surface area contributed by atoms with E-state index in [1.54, 1.807) is 20.3 Å². The van der Waals surface area contributed by atoms with Crippen molar-refractivity contribution < 1.29 is 27.4 Å². The third-order valence-corrected chi connectivity index (χ3v) is 6.47. The number of ketones is 1. The van der Waals surface area contributed by atoms with Crippen molar-refractivity contribution in [1.29, 1.82) is 0 Å². The maximum absolute atomic E-state index is 13.4. The van der Waals surface area contributed by atoms with Gasteiger partial charge < -0.3 is 14.4 Å². The molecule has 1 aromatic carbocycles. The molecule has 0 spiro atoms. The van der Waals surface area contributed by atoms with Crippen LogP contribution in [0.4, 0.5) is 18.9 Å². The van der Waals surface area contributed by atoms with Crippen LogP contribution in [0.2, 0.25) is 0 Å². The van der Waals surface area contributed by atoms with E-state index in [-0.39, 0.29) is 17.9 Å². The molecule has 2 aliphatic rings. The number of aromatic nitrogens is 1. The first-order chi connectivity index (χ1) is 15.8. The molecule has 1 aromatic heterocycles. The highest BCUT2D eigenvalue weighted by atomic mass is 19.4. The third kappa shape index (κ3) is 4.99. The molecule has 6 nitrogen and oxygen atoms in total. The van der Waals surface area contributed by atoms with E-state index in [9.17, 15) is 18.0 Å². The van der Waals surface area contributed by atoms with Crippen molar-refractivity contribution in [3.8, 4) is 5.75 Å². The Bertz CT molecular complexity index is 1000. The maximum Gasteiger partial charge on any atom is 0.418 e. The molecule has 1 fully saturated rings. The maximum atomic E-state index is 13.4. The summed E-state index contributed by atoms with van der Waals surface area (Å²) < 4.78 is 50.9. The zero-order valence-corrected chi connectivity index (χ0v) is 18.8. The number of hydrogen-bond donors (Lipinski definition) is 0. The average Bonchev–Trinajstić information content (AvgIpc) is 3.11. The van der Waals surface area contributed by atoms with Crippen molar-refractivity contribution in [2.24, 2.45) is 5.92 Å². The lowest BCUT2D eigenvalue weighted by molar-refractivity contribution is -0.138. The van der Waals surface area contributed by atoms with Crippen LogP contribution < -0.4 is 9.64 Å². The summed E-state index contributed by atoms with van der Waals surface area (Å²) in [5, 5.41) is 0. The smallest absolute Gasteiger partial charge is 0.418 e. The minimum atomic E-state index is -4.50. The van der Waals surface area contributed by atoms with Gasteiger partial charge in [0.25, 0.3) is 0 Å². The van der Waals surface area contributed by atoms with Crippen LogP contribution >= 0.6 is 0 Å². The topological polar surface area (TPSA) is 54.9 Å². The molecule has 4 rings (SSSR count). The number of pyridine rings is 1. The summed E-state index contributed by atoms with van der Waals surface area (Å²) in [5.41, 5.74) is 1.44. The molecule has 1 saturated heterocycles. The number of hydrogen-bond acceptors (Lipinski definition) is 6. The van der Waals surface area contributed by atoms with Crippen molar-refractivity contribution in [3.63, 3.8) is 0 Å². The summed E-state index contributed by atoms with van der Waals surface area (Å²) in [7, 11) is 3.26. The van der Waals surface area contributed by atoms with Crippen molar-refractivity contribution in [3.05, 3.63) is 52.8 Å². The Kier molecular flexibility index (Phi) is 6.90. The molecule has 9 heteroatoms. The second-order valence-electron chi connectivity index (χ2n) is 8.47. The van der Waals surface area contributed by atoms with Crippen LogP contribution in [0.15, 0.2) is 30.5 Å². The van der Waals surface area contributed by atoms with Crippen molar-refractivity contribution in [2.75, 3.05) is 58.5 Å². The van der Waals surface area contributed by atoms with Gasteiger partial charge in [0.2, 0.25) is 0 Å². The molecule has 2 heterocycles. The second kappa shape index (κ2) is 9.69. The quantitative estimate of drug-likeness (QED) is 0.627. The van der Waals surface area contributed by atoms with Gasteiger partial charge in [-0.25, -0.2) is 0 Å². The van der Waals surface area contributed by atoms with Gasteiger partial charge in [-0.3, -0.25) is 14.7 Å². The van der Waals surface area contributed by atoms with Crippen LogP contribution in [0.5, 0.6) is 5.75 Å². The Hall–Kier alpha value is -2.65. The summed E-state index contributed by atoms with van der Waals surface area (Å²) >= 11 is 0. The molecule has 1 unspecified atom stereocenters. The second-order valence-corrected chi connectivity index (χ2v) is 8.47. The Morgan fingerprint density at radius 3 is 2.58 bits per heavy atom. The monoisotopic (exact) mass is 463 g/mol. The van der Waals surface area contributed by atoms with Gasteiger partial charge in [0.05, 0.1) is 30.7 Å². The molecule has 178 valence electrons. The minimum absolute atomic E-state index is 0.0426. The Morgan fingerprint density at radius 1 is 1.15 bits per heavy atom. The molecular weight excluding hydrogens is 435 g/mol. The predicted octanol–water partition coefficient (Wildman–Crippen LogP) is 3.48. The van der Waals surface area contributed by atoms with Crippen LogP contribution in [0.1, 0.15) is 27.2 Å². The number of Topliss-reactive ketones (excluding diaryl/α,β-unsaturated/α-hetero) is 1. The fourth-order valence-electron chi connectivity index (χ4n) is 4.69. The number of fused-ring (bicyclic) bond motifs is 1. The lowest BCUT2D eigenvalue weighted by atomic mass is 9.96. The normalized spacial score (nSPS) is 19.1. The highest BCUT2D eigenvalue weighted by Crippen LogP contribution is 2.39. The number of alkyl halides is 3. The largest absolute Gasteiger partial charge is 0.495 e. The number of halogens is 3. The molecule has 0 N–H and O–H groups in total. The number of piperazine rings is 1. The average molecular weight is 464 g/mol. The van der Waals surface area contributed by atoms with Gasteiger partial charge in [-0.15, -0.1) is 0 Å². The van der Waals surface area contributed by atoms with Crippen LogP contribution in [0.25, 0.3) is 0 Å². The van der Waals surface area contributed by atoms with Gasteiger partial charge in [0.15, 0.2) is 5.78 Å². The standard InChI is InChI=1S/C24H28F3N3O3/c1-32-11-10-29-6-8-30(9-7-29)21-14-16-12-17(23(31)18(16)15-22(21)33-2)13-20-19(24(25,26)27)4-3-5-28-20/h3-5,14-15,17H,6-13H2,1-2H3. The molecule has 0 radical (unpaired) electrons. The number of methoxy groups -OCH3 is 2. The van der Waals surface area contributed by atoms with E-state index < -0.39 is 17.7 Å². The van der Waals surface area contributed by atoms with E-state index in [4.69, 9.17) is 9.47 Å². The third-order valence-electron chi connectivity index (χ3n) is 6.47. The molecule has 2 aromatic rings. The van der Waals surface area contributed by atoms with E-state index in [2.05, 4.69) is 14.8 Å². The fourth-order valence-corrected chi connectivity index (χ4v) is 4.69. The first kappa shape index (κ1) is 23.5. The van der Waals surface area contributed by atoms with Crippen molar-refractivity contribution in [1.82, 2.24) is 9.88 Å². The molecule has 1 aliphatic carbocycles. The first-order valence-electron chi connectivity index (χ1n) is 11.0. The van der Waals surface area contributed by atoms with E-state index in [1.165, 1.54) is 12.3 Å². The summed E-state index contributed by atoms with van der Waals surface area (Å²) in [6, 6.07) is 6.00. The number of rotatable bonds is 7. The van der Waals surface area contributed by atoms with Gasteiger partial charge >= 0.3 is 6.18 Å². The highest BCUT2D eigenvalue weighted by molar-refractivity contribution is 6.03. The van der Waals surface area contributed by atoms with Gasteiger partial charge in [0, 0.05) is 63.9 Å². The van der Waals surface area contributed by atoms with Crippen LogP contribution in [0.3, 0.4) is 0 Å². The number of ether oxygens (including phenoxy) is 2. The van der Waals surface area contributed by atoms with E-state index in [0.717, 1.165) is 50.0 Å². The molecular formula is C24H28F3N3O3. The summed E-state index contributed by atoms with van der Waals surface area (Å²) in [6.07, 6.45) is -2.81. The lowest BCUT2D eigenvalue weighted by Gasteiger charge is -2.36. The lowest BCUT2D eigenvalue weighted by Crippen LogP contribution is -2.47. The van der Waals surface area contributed by atoms with Crippen molar-refractivity contribution in [2.45, 2.75) is 19.0 Å². The van der Waals surface area contributed by atoms with Gasteiger partial charge in [-0.1, -0.05) is 0 Å². The summed E-state index contributed by atoms with van der Waals surface area (Å²) in [5.74, 6) is -0.109. The molecule has 1 aliphatic heterocycles. The molecule has 0 saturated carbocycles. The Balaban J connectivity index is 1.53. The Labute approximate surface area is 191 Å². The van der Waals surface area contributed by atoms with Crippen molar-refractivity contribution >= 4 is 11.5 Å². The van der Waals surface area contributed by atoms with E-state index in [0.29, 0.717) is 24.3 Å². The zero-order chi connectivity index (χ0) is 23.6. The van der Waals surface area contributed by atoms with Crippen LogP contribution in [-0.2, 0) is 23.8 Å². The van der Waals surface area contributed by atoms with E-state index >= 15 is 0 Å². The molecule has 33 heavy (non-hydrogen) atoms. The number of carbonyl (C=O) groups is 1. The summed E-state index contributed by atoms with van der Waals surface area (Å²) in [6.45, 7) is 5.00. The number of nitrogens with zero attached hydrogens (tertiary/aromatic N) is 3. The number of carbonyl (C=O) groups excluding carboxylic acids is 1. The summed E-state index contributed by atoms with van der Waals surface area (Å²) in [4.78, 5) is 21.6.